The number of rotatable bonds is 14. The predicted molar refractivity (Wildman–Crippen MR) is 148 cm³/mol. The first-order chi connectivity index (χ1) is 21.4. The van der Waals surface area contributed by atoms with Crippen LogP contribution in [0.25, 0.3) is 0 Å². The number of amides is 1. The van der Waals surface area contributed by atoms with Crippen molar-refractivity contribution in [2.75, 3.05) is 18.9 Å². The van der Waals surface area contributed by atoms with Crippen LogP contribution in [0.5, 0.6) is 0 Å². The zero-order chi connectivity index (χ0) is 34.6. The van der Waals surface area contributed by atoms with Gasteiger partial charge in [-0.15, -0.1) is 0 Å². The van der Waals surface area contributed by atoms with E-state index in [2.05, 4.69) is 0 Å². The fraction of sp³-hybridized carbons (Fsp3) is 0.700. The molecular weight excluding hydrogens is 540 g/mol. The number of carbonyl (C=O) groups excluding carboxylic acids is 3. The summed E-state index contributed by atoms with van der Waals surface area (Å²) < 4.78 is 82.7. The molecule has 1 saturated carbocycles. The Morgan fingerprint density at radius 3 is 2.40 bits per heavy atom. The van der Waals surface area contributed by atoms with Gasteiger partial charge in [0, 0.05) is 27.8 Å². The fourth-order valence-corrected chi connectivity index (χ4v) is 7.57. The molecule has 2 fully saturated rings. The van der Waals surface area contributed by atoms with Crippen molar-refractivity contribution in [3.63, 3.8) is 0 Å². The van der Waals surface area contributed by atoms with Gasteiger partial charge in [0.05, 0.1) is 18.9 Å². The molecule has 0 bridgehead atoms. The van der Waals surface area contributed by atoms with Gasteiger partial charge in [-0.1, -0.05) is 83.1 Å². The molecular formula is C30H45NNaO7P. The number of ether oxygens (including phenoxy) is 1. The number of hydrogen-bond acceptors (Lipinski definition) is 7. The molecule has 0 N–H and O–H groups in total. The maximum atomic E-state index is 14.4. The number of likely N-dealkylation sites (tertiary alicyclic amines) is 1. The van der Waals surface area contributed by atoms with E-state index in [0.717, 1.165) is 32.1 Å². The van der Waals surface area contributed by atoms with Crippen LogP contribution in [0, 0.1) is 17.8 Å². The summed E-state index contributed by atoms with van der Waals surface area (Å²) in [7, 11) is -4.09. The monoisotopic (exact) mass is 592 g/mol. The van der Waals surface area contributed by atoms with Crippen LogP contribution in [-0.4, -0.2) is 53.9 Å². The molecule has 218 valence electrons. The Hall–Kier alpha value is -1.18. The van der Waals surface area contributed by atoms with Crippen LogP contribution in [0.15, 0.2) is 30.2 Å². The average Bonchev–Trinajstić information content (AvgIpc) is 3.45. The van der Waals surface area contributed by atoms with Gasteiger partial charge in [0.2, 0.25) is 19.6 Å². The van der Waals surface area contributed by atoms with Gasteiger partial charge in [0.1, 0.15) is 6.16 Å². The number of carboxylic acid groups (broad SMARTS) is 1. The SMILES string of the molecule is [2H]c1c([2H])c([2H])c(C([2H])([2H])CCC[P@](=O)(CC(=O)N2C[C@H](C3CCCCC3)C[C@H]2C(=O)[O-])O[C@H](OC(=O)CC)C(C)C)c([2H])c1[2H].[Na+]. The van der Waals surface area contributed by atoms with Crippen molar-refractivity contribution in [2.24, 2.45) is 17.8 Å². The van der Waals surface area contributed by atoms with Crippen molar-refractivity contribution >= 4 is 25.2 Å². The van der Waals surface area contributed by atoms with Crippen LogP contribution in [0.2, 0.25) is 0 Å². The summed E-state index contributed by atoms with van der Waals surface area (Å²) in [4.78, 5) is 39.1. The molecule has 1 amide bonds. The third-order valence-electron chi connectivity index (χ3n) is 7.47. The number of benzene rings is 1. The summed E-state index contributed by atoms with van der Waals surface area (Å²) in [5.74, 6) is -2.97. The van der Waals surface area contributed by atoms with Gasteiger partial charge < -0.3 is 19.5 Å². The maximum absolute atomic E-state index is 14.4. The summed E-state index contributed by atoms with van der Waals surface area (Å²) >= 11 is 0. The van der Waals surface area contributed by atoms with Crippen molar-refractivity contribution in [2.45, 2.75) is 97.3 Å². The van der Waals surface area contributed by atoms with E-state index in [-0.39, 0.29) is 73.4 Å². The normalized spacial score (nSPS) is 24.7. The molecule has 2 aliphatic rings. The topological polar surface area (TPSA) is 113 Å². The van der Waals surface area contributed by atoms with E-state index in [9.17, 15) is 24.1 Å². The van der Waals surface area contributed by atoms with Crippen molar-refractivity contribution in [3.05, 3.63) is 35.8 Å². The molecule has 0 radical (unpaired) electrons. The largest absolute Gasteiger partial charge is 1.00 e. The van der Waals surface area contributed by atoms with Gasteiger partial charge in [-0.05, 0) is 43.0 Å². The Kier molecular flexibility index (Phi) is 10.8. The molecule has 1 saturated heterocycles. The number of carbonyl (C=O) groups is 3. The molecule has 1 aliphatic carbocycles. The molecule has 3 rings (SSSR count). The van der Waals surface area contributed by atoms with Crippen LogP contribution in [0.4, 0.5) is 0 Å². The molecule has 1 aromatic rings. The molecule has 1 aromatic carbocycles. The number of nitrogens with zero attached hydrogens (tertiary/aromatic N) is 1. The Labute approximate surface area is 271 Å². The summed E-state index contributed by atoms with van der Waals surface area (Å²) in [6, 6.07) is -4.59. The molecule has 1 heterocycles. The van der Waals surface area contributed by atoms with E-state index in [1.165, 1.54) is 4.90 Å². The Bertz CT molecular complexity index is 1320. The van der Waals surface area contributed by atoms with Gasteiger partial charge in [-0.3, -0.25) is 18.7 Å². The third kappa shape index (κ3) is 10.6. The Morgan fingerprint density at radius 1 is 1.12 bits per heavy atom. The zero-order valence-corrected chi connectivity index (χ0v) is 27.0. The minimum atomic E-state index is -4.09. The minimum absolute atomic E-state index is 0. The molecule has 10 heteroatoms. The van der Waals surface area contributed by atoms with Crippen LogP contribution >= 0.6 is 7.37 Å². The molecule has 0 spiro atoms. The van der Waals surface area contributed by atoms with Crippen molar-refractivity contribution in [1.29, 1.82) is 0 Å². The zero-order valence-electron chi connectivity index (χ0n) is 31.1. The summed E-state index contributed by atoms with van der Waals surface area (Å²) in [6.45, 7) is 5.08. The van der Waals surface area contributed by atoms with E-state index in [1.807, 2.05) is 0 Å². The van der Waals surface area contributed by atoms with Crippen LogP contribution < -0.4 is 34.7 Å². The maximum Gasteiger partial charge on any atom is 1.00 e. The summed E-state index contributed by atoms with van der Waals surface area (Å²) in [5.41, 5.74) is -0.537. The van der Waals surface area contributed by atoms with Crippen molar-refractivity contribution in [3.8, 4) is 0 Å². The first-order valence-corrected chi connectivity index (χ1v) is 16.0. The molecule has 0 aromatic heterocycles. The average molecular weight is 593 g/mol. The Morgan fingerprint density at radius 2 is 1.80 bits per heavy atom. The van der Waals surface area contributed by atoms with E-state index >= 15 is 0 Å². The van der Waals surface area contributed by atoms with Gasteiger partial charge in [0.25, 0.3) is 0 Å². The van der Waals surface area contributed by atoms with Gasteiger partial charge in [-0.2, -0.15) is 0 Å². The third-order valence-corrected chi connectivity index (χ3v) is 9.81. The molecule has 8 nitrogen and oxygen atoms in total. The van der Waals surface area contributed by atoms with Gasteiger partial charge in [0.15, 0.2) is 0 Å². The van der Waals surface area contributed by atoms with Crippen molar-refractivity contribution in [1.82, 2.24) is 4.90 Å². The number of aliphatic carboxylic acids is 1. The predicted octanol–water partition coefficient (Wildman–Crippen LogP) is 1.79. The Balaban J connectivity index is 0.00000768. The fourth-order valence-electron chi connectivity index (χ4n) is 5.33. The number of hydrogen-bond donors (Lipinski definition) is 0. The molecule has 0 unspecified atom stereocenters. The quantitative estimate of drug-likeness (QED) is 0.140. The number of carboxylic acids is 1. The number of esters is 1. The first kappa shape index (κ1) is 25.3. The van der Waals surface area contributed by atoms with Crippen LogP contribution in [-0.2, 0) is 34.6 Å². The van der Waals surface area contributed by atoms with Crippen molar-refractivity contribution < 1.29 is 72.5 Å². The second kappa shape index (κ2) is 17.1. The standard InChI is InChI=1S/C30H46NO7P.Na/c1-4-28(33)37-30(22(2)3)38-39(36,18-12-11-15-23-13-7-5-8-14-23)21-27(32)31-20-25(19-26(31)29(34)35)24-16-9-6-10-17-24;/h5,7-8,13-14,22,24-26,30H,4,6,9-12,15-21H2,1-3H3,(H,34,35);/q;+1/p-1/t25-,26+,30+,39-;/m1./s1/i5D,7D,8D,13D,14D,15D2;. The van der Waals surface area contributed by atoms with E-state index in [4.69, 9.17) is 18.9 Å². The summed E-state index contributed by atoms with van der Waals surface area (Å²) in [6.07, 6.45) is -0.100. The minimum Gasteiger partial charge on any atom is -0.548 e. The molecule has 1 aliphatic heterocycles. The van der Waals surface area contributed by atoms with Crippen LogP contribution in [0.3, 0.4) is 0 Å². The second-order valence-electron chi connectivity index (χ2n) is 10.8. The summed E-state index contributed by atoms with van der Waals surface area (Å²) in [5, 5.41) is 12.1. The molecule has 4 atom stereocenters. The van der Waals surface area contributed by atoms with Gasteiger partial charge >= 0.3 is 35.5 Å². The van der Waals surface area contributed by atoms with E-state index < -0.39 is 98.2 Å². The molecule has 40 heavy (non-hydrogen) atoms. The van der Waals surface area contributed by atoms with E-state index in [1.54, 1.807) is 20.8 Å². The van der Waals surface area contributed by atoms with Crippen LogP contribution in [0.1, 0.15) is 93.7 Å². The van der Waals surface area contributed by atoms with Gasteiger partial charge in [-0.25, -0.2) is 0 Å². The van der Waals surface area contributed by atoms with E-state index in [0.29, 0.717) is 0 Å². The smallest absolute Gasteiger partial charge is 0.548 e. The second-order valence-corrected chi connectivity index (χ2v) is 13.4. The first-order valence-electron chi connectivity index (χ1n) is 17.5.